The number of rotatable bonds is 2. The van der Waals surface area contributed by atoms with Gasteiger partial charge in [0.2, 0.25) is 0 Å². The number of hydrogen-bond donors (Lipinski definition) is 1. The third-order valence-electron chi connectivity index (χ3n) is 3.69. The van der Waals surface area contributed by atoms with E-state index in [-0.39, 0.29) is 11.5 Å². The van der Waals surface area contributed by atoms with Crippen LogP contribution in [0.2, 0.25) is 10.0 Å². The number of carbonyl (C=O) groups excluding carboxylic acids is 2. The van der Waals surface area contributed by atoms with E-state index in [0.29, 0.717) is 45.5 Å². The summed E-state index contributed by atoms with van der Waals surface area (Å²) in [6, 6.07) is 4.79. The highest BCUT2D eigenvalue weighted by atomic mass is 35.5. The summed E-state index contributed by atoms with van der Waals surface area (Å²) < 4.78 is 5.60. The maximum absolute atomic E-state index is 12.4. The lowest BCUT2D eigenvalue weighted by Gasteiger charge is -2.07. The van der Waals surface area contributed by atoms with Crippen molar-refractivity contribution in [2.24, 2.45) is 0 Å². The van der Waals surface area contributed by atoms with Gasteiger partial charge in [0.15, 0.2) is 11.5 Å². The van der Waals surface area contributed by atoms with Gasteiger partial charge in [-0.05, 0) is 31.5 Å². The molecule has 2 aromatic rings. The van der Waals surface area contributed by atoms with Crippen LogP contribution in [0.1, 0.15) is 45.1 Å². The molecule has 0 fully saturated rings. The van der Waals surface area contributed by atoms with E-state index in [1.54, 1.807) is 25.1 Å². The molecule has 0 aliphatic heterocycles. The van der Waals surface area contributed by atoms with E-state index in [4.69, 9.17) is 27.6 Å². The van der Waals surface area contributed by atoms with Crippen LogP contribution in [0.15, 0.2) is 22.6 Å². The Morgan fingerprint density at radius 1 is 1.27 bits per heavy atom. The van der Waals surface area contributed by atoms with Gasteiger partial charge in [-0.3, -0.25) is 9.59 Å². The highest BCUT2D eigenvalue weighted by molar-refractivity contribution is 6.35. The Balaban J connectivity index is 1.93. The van der Waals surface area contributed by atoms with E-state index >= 15 is 0 Å². The van der Waals surface area contributed by atoms with Crippen molar-refractivity contribution in [2.75, 3.05) is 5.32 Å². The first-order valence-electron chi connectivity index (χ1n) is 6.89. The highest BCUT2D eigenvalue weighted by Crippen LogP contribution is 2.31. The van der Waals surface area contributed by atoms with E-state index in [0.717, 1.165) is 6.42 Å². The lowest BCUT2D eigenvalue weighted by Crippen LogP contribution is -2.13. The monoisotopic (exact) mass is 337 g/mol. The van der Waals surface area contributed by atoms with E-state index < -0.39 is 5.91 Å². The van der Waals surface area contributed by atoms with Gasteiger partial charge < -0.3 is 9.73 Å². The lowest BCUT2D eigenvalue weighted by atomic mass is 9.94. The van der Waals surface area contributed by atoms with E-state index in [9.17, 15) is 9.59 Å². The number of hydrogen-bond acceptors (Lipinski definition) is 3. The second-order valence-electron chi connectivity index (χ2n) is 5.21. The third kappa shape index (κ3) is 2.64. The van der Waals surface area contributed by atoms with Crippen LogP contribution in [0.25, 0.3) is 0 Å². The Morgan fingerprint density at radius 2 is 2.05 bits per heavy atom. The van der Waals surface area contributed by atoms with Crippen LogP contribution in [-0.2, 0) is 6.42 Å². The van der Waals surface area contributed by atoms with Gasteiger partial charge in [0.05, 0.1) is 16.3 Å². The molecular formula is C16H13Cl2NO3. The molecule has 0 radical (unpaired) electrons. The number of benzene rings is 1. The number of furan rings is 1. The zero-order valence-electron chi connectivity index (χ0n) is 11.8. The molecule has 0 bridgehead atoms. The lowest BCUT2D eigenvalue weighted by molar-refractivity contribution is 0.0963. The predicted molar refractivity (Wildman–Crippen MR) is 85.1 cm³/mol. The molecule has 1 aromatic carbocycles. The van der Waals surface area contributed by atoms with Crippen molar-refractivity contribution in [3.63, 3.8) is 0 Å². The van der Waals surface area contributed by atoms with Crippen LogP contribution in [0, 0.1) is 6.92 Å². The average molecular weight is 338 g/mol. The molecule has 1 heterocycles. The van der Waals surface area contributed by atoms with Crippen molar-refractivity contribution in [1.82, 2.24) is 0 Å². The normalized spacial score (nSPS) is 13.9. The number of amides is 1. The molecule has 0 atom stereocenters. The fraction of sp³-hybridized carbons (Fsp3) is 0.250. The predicted octanol–water partition coefficient (Wildman–Crippen LogP) is 4.67. The minimum atomic E-state index is -0.441. The van der Waals surface area contributed by atoms with E-state index in [1.807, 2.05) is 0 Å². The zero-order valence-corrected chi connectivity index (χ0v) is 13.3. The number of carbonyl (C=O) groups is 2. The number of fused-ring (bicyclic) bond motifs is 1. The van der Waals surface area contributed by atoms with Gasteiger partial charge in [-0.2, -0.15) is 0 Å². The minimum Gasteiger partial charge on any atom is -0.455 e. The Hall–Kier alpha value is -1.78. The van der Waals surface area contributed by atoms with Crippen LogP contribution >= 0.6 is 23.2 Å². The molecule has 22 heavy (non-hydrogen) atoms. The molecule has 3 rings (SSSR count). The number of nitrogens with one attached hydrogen (secondary N) is 1. The van der Waals surface area contributed by atoms with Gasteiger partial charge >= 0.3 is 0 Å². The molecule has 0 spiro atoms. The smallest absolute Gasteiger partial charge is 0.291 e. The van der Waals surface area contributed by atoms with Gasteiger partial charge in [0.1, 0.15) is 5.76 Å². The molecule has 1 aromatic heterocycles. The van der Waals surface area contributed by atoms with Gasteiger partial charge in [-0.15, -0.1) is 0 Å². The van der Waals surface area contributed by atoms with Crippen LogP contribution < -0.4 is 5.32 Å². The first kappa shape index (κ1) is 15.1. The SMILES string of the molecule is Cc1c(C(=O)Nc2cc(Cl)ccc2Cl)oc2c1C(=O)CCC2. The van der Waals surface area contributed by atoms with Crippen molar-refractivity contribution in [3.8, 4) is 0 Å². The second-order valence-corrected chi connectivity index (χ2v) is 6.05. The molecule has 6 heteroatoms. The molecule has 1 aliphatic rings. The Morgan fingerprint density at radius 3 is 2.77 bits per heavy atom. The molecule has 0 saturated carbocycles. The largest absolute Gasteiger partial charge is 0.455 e. The number of Topliss-reactive ketones (excluding diaryl/α,β-unsaturated/α-hetero) is 1. The number of ketones is 1. The average Bonchev–Trinajstić information content (AvgIpc) is 2.81. The number of halogens is 2. The molecule has 1 amide bonds. The molecule has 1 aliphatic carbocycles. The molecular weight excluding hydrogens is 325 g/mol. The van der Waals surface area contributed by atoms with Gasteiger partial charge in [0.25, 0.3) is 5.91 Å². The summed E-state index contributed by atoms with van der Waals surface area (Å²) in [5.74, 6) is 0.332. The first-order chi connectivity index (χ1) is 10.5. The van der Waals surface area contributed by atoms with Crippen LogP contribution in [0.5, 0.6) is 0 Å². The van der Waals surface area contributed by atoms with Gasteiger partial charge in [-0.1, -0.05) is 23.2 Å². The van der Waals surface area contributed by atoms with E-state index in [2.05, 4.69) is 5.32 Å². The van der Waals surface area contributed by atoms with Crippen LogP contribution in [-0.4, -0.2) is 11.7 Å². The Labute approximate surface area is 137 Å². The third-order valence-corrected chi connectivity index (χ3v) is 4.25. The highest BCUT2D eigenvalue weighted by Gasteiger charge is 2.28. The minimum absolute atomic E-state index is 0.0299. The summed E-state index contributed by atoms with van der Waals surface area (Å²) in [6.07, 6.45) is 1.92. The number of aryl methyl sites for hydroxylation is 1. The maximum Gasteiger partial charge on any atom is 0.291 e. The summed E-state index contributed by atoms with van der Waals surface area (Å²) in [5, 5.41) is 3.51. The summed E-state index contributed by atoms with van der Waals surface area (Å²) in [7, 11) is 0. The van der Waals surface area contributed by atoms with Crippen molar-refractivity contribution in [3.05, 3.63) is 50.9 Å². The van der Waals surface area contributed by atoms with Crippen LogP contribution in [0.3, 0.4) is 0 Å². The van der Waals surface area contributed by atoms with Gasteiger partial charge in [-0.25, -0.2) is 0 Å². The standard InChI is InChI=1S/C16H13Cl2NO3/c1-8-14-12(20)3-2-4-13(14)22-15(8)16(21)19-11-7-9(17)5-6-10(11)18/h5-7H,2-4H2,1H3,(H,19,21). The topological polar surface area (TPSA) is 59.3 Å². The second kappa shape index (κ2) is 5.78. The van der Waals surface area contributed by atoms with Crippen molar-refractivity contribution >= 4 is 40.6 Å². The van der Waals surface area contributed by atoms with Gasteiger partial charge in [0, 0.05) is 23.4 Å². The fourth-order valence-electron chi connectivity index (χ4n) is 2.64. The molecule has 4 nitrogen and oxygen atoms in total. The summed E-state index contributed by atoms with van der Waals surface area (Å²) >= 11 is 11.9. The van der Waals surface area contributed by atoms with Crippen molar-refractivity contribution in [1.29, 1.82) is 0 Å². The molecule has 1 N–H and O–H groups in total. The Kier molecular flexibility index (Phi) is 3.98. The van der Waals surface area contributed by atoms with E-state index in [1.165, 1.54) is 0 Å². The van der Waals surface area contributed by atoms with Crippen molar-refractivity contribution in [2.45, 2.75) is 26.2 Å². The quantitative estimate of drug-likeness (QED) is 0.866. The van der Waals surface area contributed by atoms with Crippen LogP contribution in [0.4, 0.5) is 5.69 Å². The molecule has 0 saturated heterocycles. The maximum atomic E-state index is 12.4. The fourth-order valence-corrected chi connectivity index (χ4v) is 2.97. The summed E-state index contributed by atoms with van der Waals surface area (Å²) in [6.45, 7) is 1.72. The number of anilines is 1. The van der Waals surface area contributed by atoms with Crippen molar-refractivity contribution < 1.29 is 14.0 Å². The summed E-state index contributed by atoms with van der Waals surface area (Å²) in [5.41, 5.74) is 1.53. The summed E-state index contributed by atoms with van der Waals surface area (Å²) in [4.78, 5) is 24.4. The zero-order chi connectivity index (χ0) is 15.9. The molecule has 0 unspecified atom stereocenters. The molecule has 114 valence electrons. The Bertz CT molecular complexity index is 780. The first-order valence-corrected chi connectivity index (χ1v) is 7.65.